The van der Waals surface area contributed by atoms with Gasteiger partial charge in [-0.15, -0.1) is 0 Å². The monoisotopic (exact) mass is 427 g/mol. The van der Waals surface area contributed by atoms with Crippen molar-refractivity contribution in [2.75, 3.05) is 0 Å². The summed E-state index contributed by atoms with van der Waals surface area (Å²) in [5.74, 6) is 0. The summed E-state index contributed by atoms with van der Waals surface area (Å²) in [7, 11) is 0. The summed E-state index contributed by atoms with van der Waals surface area (Å²) >= 11 is 0. The fraction of sp³-hybridized carbons (Fsp3) is 0. The van der Waals surface area contributed by atoms with Crippen molar-refractivity contribution < 1.29 is 93.1 Å². The molecule has 0 aliphatic heterocycles. The van der Waals surface area contributed by atoms with E-state index in [1.807, 2.05) is 0 Å². The molecule has 19 valence electrons. The molecule has 0 aromatic heterocycles. The zero-order chi connectivity index (χ0) is 0. The maximum Gasteiger partial charge on any atom is 0 e. The van der Waals surface area contributed by atoms with Crippen LogP contribution in [-0.4, -0.2) is 5.48 Å². The molecular formula is H2HfLaOZr. The summed E-state index contributed by atoms with van der Waals surface area (Å²) in [4.78, 5) is 0. The maximum atomic E-state index is 0. The Kier molecular flexibility index (Phi) is 120. The Balaban J connectivity index is 0. The molecule has 0 saturated carbocycles. The van der Waals surface area contributed by atoms with Crippen LogP contribution in [0.15, 0.2) is 0 Å². The second kappa shape index (κ2) is 16.8. The molecule has 2 N–H and O–H groups in total. The molecule has 0 heterocycles. The third-order valence-electron chi connectivity index (χ3n) is 0. The Hall–Kier alpha value is 2.91. The van der Waals surface area contributed by atoms with Gasteiger partial charge in [0.05, 0.1) is 0 Å². The van der Waals surface area contributed by atoms with E-state index in [1.54, 1.807) is 0 Å². The molecule has 0 aromatic carbocycles. The fourth-order valence-corrected chi connectivity index (χ4v) is 0. The molecule has 4 heavy (non-hydrogen) atoms. The quantitative estimate of drug-likeness (QED) is 0.453. The normalized spacial score (nSPS) is 0. The molecule has 0 atom stereocenters. The van der Waals surface area contributed by atoms with Crippen molar-refractivity contribution in [2.45, 2.75) is 0 Å². The van der Waals surface area contributed by atoms with E-state index in [9.17, 15) is 0 Å². The second-order valence-corrected chi connectivity index (χ2v) is 0. The largest absolute Gasteiger partial charge is 0.412 e. The number of hydrogen-bond acceptors (Lipinski definition) is 0. The first-order valence-corrected chi connectivity index (χ1v) is 0. The van der Waals surface area contributed by atoms with Crippen molar-refractivity contribution in [1.82, 2.24) is 0 Å². The van der Waals surface area contributed by atoms with Crippen molar-refractivity contribution >= 4 is 0 Å². The van der Waals surface area contributed by atoms with Gasteiger partial charge in [-0.1, -0.05) is 0 Å². The minimum atomic E-state index is 0. The standard InChI is InChI=1S/Hf.La.H2O.Zr/h;;1H2;. The van der Waals surface area contributed by atoms with E-state index in [4.69, 9.17) is 0 Å². The Labute approximate surface area is 91.1 Å². The topological polar surface area (TPSA) is 31.5 Å². The van der Waals surface area contributed by atoms with E-state index in [-0.39, 0.29) is 93.1 Å². The van der Waals surface area contributed by atoms with Gasteiger partial charge in [0.15, 0.2) is 0 Å². The molecular weight excluding hydrogens is 425 g/mol. The Morgan fingerprint density at radius 2 is 1.00 bits per heavy atom. The summed E-state index contributed by atoms with van der Waals surface area (Å²) in [6.45, 7) is 0. The predicted molar refractivity (Wildman–Crippen MR) is 3.61 cm³/mol. The molecule has 0 aliphatic rings. The summed E-state index contributed by atoms with van der Waals surface area (Å²) in [5.41, 5.74) is 0. The second-order valence-electron chi connectivity index (χ2n) is 0. The first-order chi connectivity index (χ1) is 0. The van der Waals surface area contributed by atoms with Crippen molar-refractivity contribution in [1.29, 1.82) is 0 Å². The molecule has 0 amide bonds. The molecule has 0 aliphatic carbocycles. The molecule has 0 aromatic rings. The SMILES string of the molecule is O.[Hf].[La].[Zr]. The molecule has 0 fully saturated rings. The van der Waals surface area contributed by atoms with E-state index in [0.717, 1.165) is 0 Å². The van der Waals surface area contributed by atoms with E-state index in [0.29, 0.717) is 0 Å². The van der Waals surface area contributed by atoms with Crippen LogP contribution >= 0.6 is 0 Å². The van der Waals surface area contributed by atoms with E-state index < -0.39 is 0 Å². The molecule has 1 nitrogen and oxygen atoms in total. The average molecular weight is 427 g/mol. The molecule has 1 radical (unpaired) electrons. The molecule has 0 bridgehead atoms. The van der Waals surface area contributed by atoms with Crippen molar-refractivity contribution in [3.63, 3.8) is 0 Å². The molecule has 0 saturated heterocycles. The minimum absolute atomic E-state index is 0. The number of rotatable bonds is 0. The predicted octanol–water partition coefficient (Wildman–Crippen LogP) is -0.830. The van der Waals surface area contributed by atoms with Crippen LogP contribution in [0.3, 0.4) is 0 Å². The van der Waals surface area contributed by atoms with Crippen molar-refractivity contribution in [2.24, 2.45) is 0 Å². The molecule has 4 heteroatoms. The smallest absolute Gasteiger partial charge is 0 e. The first-order valence-electron chi connectivity index (χ1n) is 0. The maximum absolute atomic E-state index is 0. The third kappa shape index (κ3) is 8.86. The minimum Gasteiger partial charge on any atom is -0.412 e. The van der Waals surface area contributed by atoms with Gasteiger partial charge in [0.1, 0.15) is 0 Å². The summed E-state index contributed by atoms with van der Waals surface area (Å²) < 4.78 is 0. The fourth-order valence-electron chi connectivity index (χ4n) is 0. The zero-order valence-electron chi connectivity index (χ0n) is 2.08. The molecule has 0 rings (SSSR count). The van der Waals surface area contributed by atoms with Gasteiger partial charge in [0.2, 0.25) is 0 Å². The third-order valence-corrected chi connectivity index (χ3v) is 0. The Morgan fingerprint density at radius 1 is 1.00 bits per heavy atom. The van der Waals surface area contributed by atoms with Gasteiger partial charge >= 0.3 is 0 Å². The van der Waals surface area contributed by atoms with Crippen molar-refractivity contribution in [3.05, 3.63) is 0 Å². The van der Waals surface area contributed by atoms with E-state index >= 15 is 0 Å². The van der Waals surface area contributed by atoms with E-state index in [1.165, 1.54) is 0 Å². The number of hydrogen-bond donors (Lipinski definition) is 0. The van der Waals surface area contributed by atoms with Gasteiger partial charge in [-0.3, -0.25) is 0 Å². The van der Waals surface area contributed by atoms with Gasteiger partial charge in [-0.25, -0.2) is 0 Å². The van der Waals surface area contributed by atoms with Gasteiger partial charge in [0.25, 0.3) is 0 Å². The van der Waals surface area contributed by atoms with Crippen LogP contribution < -0.4 is 0 Å². The summed E-state index contributed by atoms with van der Waals surface area (Å²) in [6, 6.07) is 0. The van der Waals surface area contributed by atoms with Gasteiger partial charge in [-0.05, 0) is 0 Å². The Bertz CT molecular complexity index is 8.00. The van der Waals surface area contributed by atoms with Gasteiger partial charge in [-0.2, -0.15) is 0 Å². The zero-order valence-corrected chi connectivity index (χ0v) is 11.8. The van der Waals surface area contributed by atoms with Crippen molar-refractivity contribution in [3.8, 4) is 0 Å². The van der Waals surface area contributed by atoms with E-state index in [2.05, 4.69) is 0 Å². The van der Waals surface area contributed by atoms with Gasteiger partial charge < -0.3 is 5.48 Å². The van der Waals surface area contributed by atoms with Crippen LogP contribution in [0.25, 0.3) is 0 Å². The summed E-state index contributed by atoms with van der Waals surface area (Å²) in [6.07, 6.45) is 0. The van der Waals surface area contributed by atoms with Crippen LogP contribution in [-0.2, 0) is 52.0 Å². The van der Waals surface area contributed by atoms with Gasteiger partial charge in [0, 0.05) is 87.6 Å². The van der Waals surface area contributed by atoms with Crippen LogP contribution in [0.2, 0.25) is 0 Å². The Morgan fingerprint density at radius 3 is 1.00 bits per heavy atom. The van der Waals surface area contributed by atoms with Crippen LogP contribution in [0.1, 0.15) is 0 Å². The first kappa shape index (κ1) is 28.5. The van der Waals surface area contributed by atoms with Crippen LogP contribution in [0.5, 0.6) is 0 Å². The average Bonchev–Trinajstić information content (AvgIpc) is 0. The van der Waals surface area contributed by atoms with Crippen LogP contribution in [0, 0.1) is 35.6 Å². The molecule has 0 unspecified atom stereocenters. The molecule has 0 spiro atoms. The van der Waals surface area contributed by atoms with Crippen LogP contribution in [0.4, 0.5) is 0 Å². The summed E-state index contributed by atoms with van der Waals surface area (Å²) in [5, 5.41) is 0.